The van der Waals surface area contributed by atoms with Gasteiger partial charge in [0.25, 0.3) is 0 Å². The summed E-state index contributed by atoms with van der Waals surface area (Å²) in [6.45, 7) is 7.18. The van der Waals surface area contributed by atoms with Crippen molar-refractivity contribution in [2.45, 2.75) is 40.3 Å². The topological polar surface area (TPSA) is 12.0 Å². The Balaban J connectivity index is 1.56. The van der Waals surface area contributed by atoms with Crippen molar-refractivity contribution < 1.29 is 0 Å². The van der Waals surface area contributed by atoms with Gasteiger partial charge in [0, 0.05) is 37.6 Å². The second-order valence-corrected chi connectivity index (χ2v) is 13.2. The van der Waals surface area contributed by atoms with Gasteiger partial charge in [-0.15, -0.1) is 0 Å². The lowest BCUT2D eigenvalue weighted by atomic mass is 9.74. The van der Waals surface area contributed by atoms with Gasteiger partial charge in [0.2, 0.25) is 0 Å². The second-order valence-electron chi connectivity index (χ2n) is 9.60. The van der Waals surface area contributed by atoms with Gasteiger partial charge in [-0.25, -0.2) is 0 Å². The van der Waals surface area contributed by atoms with E-state index in [0.29, 0.717) is 11.8 Å². The smallest absolute Gasteiger partial charge is 0.115 e. The van der Waals surface area contributed by atoms with Crippen LogP contribution in [0, 0.1) is 17.3 Å². The summed E-state index contributed by atoms with van der Waals surface area (Å²) in [5.41, 5.74) is 0.125. The molecule has 0 amide bonds. The SMILES string of the molecule is CC(C)(C)[C@@H]1C(Sc2ccccc2)=C[C@@]2(Sc3ccccc3)NC=C(Sc3ccccc3)[C@@H]12. The molecule has 168 valence electrons. The van der Waals surface area contributed by atoms with E-state index in [1.165, 1.54) is 24.5 Å². The highest BCUT2D eigenvalue weighted by Crippen LogP contribution is 2.63. The van der Waals surface area contributed by atoms with Crippen LogP contribution in [0.15, 0.2) is 128 Å². The minimum absolute atomic E-state index is 0.125. The molecule has 3 aromatic rings. The molecule has 1 aliphatic carbocycles. The molecule has 0 saturated heterocycles. The second kappa shape index (κ2) is 9.32. The van der Waals surface area contributed by atoms with Crippen LogP contribution in [0.5, 0.6) is 0 Å². The van der Waals surface area contributed by atoms with Crippen LogP contribution in [0.25, 0.3) is 0 Å². The molecule has 33 heavy (non-hydrogen) atoms. The summed E-state index contributed by atoms with van der Waals surface area (Å²) in [7, 11) is 0. The third-order valence-corrected chi connectivity index (χ3v) is 9.69. The van der Waals surface area contributed by atoms with Crippen molar-refractivity contribution in [3.05, 3.63) is 113 Å². The number of benzene rings is 3. The van der Waals surface area contributed by atoms with Crippen molar-refractivity contribution in [3.63, 3.8) is 0 Å². The van der Waals surface area contributed by atoms with Crippen LogP contribution >= 0.6 is 35.3 Å². The van der Waals surface area contributed by atoms with Crippen molar-refractivity contribution in [1.82, 2.24) is 5.32 Å². The molecular weight excluding hydrogens is 459 g/mol. The monoisotopic (exact) mass is 487 g/mol. The number of hydrogen-bond acceptors (Lipinski definition) is 4. The lowest BCUT2D eigenvalue weighted by molar-refractivity contribution is 0.229. The Morgan fingerprint density at radius 2 is 1.15 bits per heavy atom. The van der Waals surface area contributed by atoms with Crippen molar-refractivity contribution in [2.24, 2.45) is 17.3 Å². The van der Waals surface area contributed by atoms with Crippen molar-refractivity contribution in [3.8, 4) is 0 Å². The summed E-state index contributed by atoms with van der Waals surface area (Å²) in [4.78, 5) is 6.60. The van der Waals surface area contributed by atoms with E-state index in [-0.39, 0.29) is 10.3 Å². The molecule has 0 unspecified atom stereocenters. The Kier molecular flexibility index (Phi) is 6.43. The maximum atomic E-state index is 3.86. The van der Waals surface area contributed by atoms with E-state index in [0.717, 1.165) is 0 Å². The largest absolute Gasteiger partial charge is 0.372 e. The van der Waals surface area contributed by atoms with Gasteiger partial charge in [-0.1, -0.05) is 111 Å². The quantitative estimate of drug-likeness (QED) is 0.373. The van der Waals surface area contributed by atoms with Gasteiger partial charge in [0.15, 0.2) is 0 Å². The fourth-order valence-corrected chi connectivity index (χ4v) is 8.84. The lowest BCUT2D eigenvalue weighted by Crippen LogP contribution is -2.41. The first-order valence-electron chi connectivity index (χ1n) is 11.3. The lowest BCUT2D eigenvalue weighted by Gasteiger charge is -2.39. The maximum absolute atomic E-state index is 3.86. The zero-order valence-corrected chi connectivity index (χ0v) is 21.6. The standard InChI is InChI=1S/C29H29NS3/c1-28(2,3)26-24(31-21-13-7-4-8-14-21)19-29(33-23-17-11-6-12-18-23)27(26)25(20-30-29)32-22-15-9-5-10-16-22/h4-20,26-27,30H,1-3H3/t26-,27+,29+/m1/s1. The van der Waals surface area contributed by atoms with Gasteiger partial charge < -0.3 is 5.32 Å². The zero-order chi connectivity index (χ0) is 22.9. The predicted octanol–water partition coefficient (Wildman–Crippen LogP) is 8.68. The average Bonchev–Trinajstić information content (AvgIpc) is 3.29. The molecule has 0 radical (unpaired) electrons. The molecule has 0 saturated carbocycles. The first-order chi connectivity index (χ1) is 15.9. The number of fused-ring (bicyclic) bond motifs is 1. The highest BCUT2D eigenvalue weighted by Gasteiger charge is 2.56. The molecule has 1 aliphatic heterocycles. The Hall–Kier alpha value is -2.01. The van der Waals surface area contributed by atoms with Crippen LogP contribution in [0.4, 0.5) is 0 Å². The molecule has 0 bridgehead atoms. The van der Waals surface area contributed by atoms with E-state index in [2.05, 4.69) is 129 Å². The van der Waals surface area contributed by atoms with E-state index in [4.69, 9.17) is 0 Å². The molecule has 3 aromatic carbocycles. The van der Waals surface area contributed by atoms with Crippen LogP contribution < -0.4 is 5.32 Å². The molecule has 2 aliphatic rings. The summed E-state index contributed by atoms with van der Waals surface area (Å²) in [6.07, 6.45) is 4.80. The van der Waals surface area contributed by atoms with Crippen LogP contribution in [0.1, 0.15) is 20.8 Å². The van der Waals surface area contributed by atoms with Crippen LogP contribution in [-0.2, 0) is 0 Å². The van der Waals surface area contributed by atoms with Crippen molar-refractivity contribution in [1.29, 1.82) is 0 Å². The van der Waals surface area contributed by atoms with E-state index < -0.39 is 0 Å². The summed E-state index contributed by atoms with van der Waals surface area (Å²) in [5.74, 6) is 0.774. The molecular formula is C29H29NS3. The van der Waals surface area contributed by atoms with Crippen molar-refractivity contribution in [2.75, 3.05) is 0 Å². The van der Waals surface area contributed by atoms with Gasteiger partial charge in [0.05, 0.1) is 0 Å². The number of nitrogens with one attached hydrogen (secondary N) is 1. The third-order valence-electron chi connectivity index (χ3n) is 6.13. The van der Waals surface area contributed by atoms with Crippen molar-refractivity contribution >= 4 is 35.3 Å². The molecule has 0 fully saturated rings. The fourth-order valence-electron chi connectivity index (χ4n) is 4.75. The zero-order valence-electron chi connectivity index (χ0n) is 19.2. The average molecular weight is 488 g/mol. The summed E-state index contributed by atoms with van der Waals surface area (Å²) >= 11 is 5.79. The van der Waals surface area contributed by atoms with Crippen LogP contribution in [-0.4, -0.2) is 4.87 Å². The van der Waals surface area contributed by atoms with Gasteiger partial charge in [-0.3, -0.25) is 0 Å². The van der Waals surface area contributed by atoms with Crippen LogP contribution in [0.2, 0.25) is 0 Å². The highest BCUT2D eigenvalue weighted by atomic mass is 32.2. The molecule has 1 heterocycles. The van der Waals surface area contributed by atoms with Gasteiger partial charge in [0.1, 0.15) is 4.87 Å². The van der Waals surface area contributed by atoms with E-state index in [1.807, 2.05) is 35.3 Å². The number of allylic oxidation sites excluding steroid dienone is 1. The molecule has 1 N–H and O–H groups in total. The third kappa shape index (κ3) is 4.80. The minimum Gasteiger partial charge on any atom is -0.372 e. The Morgan fingerprint density at radius 3 is 1.67 bits per heavy atom. The first-order valence-corrected chi connectivity index (χ1v) is 13.8. The van der Waals surface area contributed by atoms with E-state index >= 15 is 0 Å². The molecule has 4 heteroatoms. The summed E-state index contributed by atoms with van der Waals surface area (Å²) < 4.78 is 0. The number of hydrogen-bond donors (Lipinski definition) is 1. The Labute approximate surface area is 210 Å². The number of thioether (sulfide) groups is 3. The van der Waals surface area contributed by atoms with Crippen LogP contribution in [0.3, 0.4) is 0 Å². The minimum atomic E-state index is -0.187. The molecule has 0 spiro atoms. The molecule has 3 atom stereocenters. The van der Waals surface area contributed by atoms with Gasteiger partial charge in [-0.05, 0) is 52.8 Å². The Bertz CT molecular complexity index is 1150. The van der Waals surface area contributed by atoms with E-state index in [1.54, 1.807) is 0 Å². The predicted molar refractivity (Wildman–Crippen MR) is 145 cm³/mol. The fraction of sp³-hybridized carbons (Fsp3) is 0.241. The molecule has 1 nitrogen and oxygen atoms in total. The summed E-state index contributed by atoms with van der Waals surface area (Å²) in [6, 6.07) is 32.4. The highest BCUT2D eigenvalue weighted by molar-refractivity contribution is 8.04. The summed E-state index contributed by atoms with van der Waals surface area (Å²) in [5, 5.41) is 3.86. The Morgan fingerprint density at radius 1 is 0.667 bits per heavy atom. The van der Waals surface area contributed by atoms with Gasteiger partial charge >= 0.3 is 0 Å². The first kappa shape index (κ1) is 22.8. The maximum Gasteiger partial charge on any atom is 0.115 e. The van der Waals surface area contributed by atoms with Gasteiger partial charge in [-0.2, -0.15) is 0 Å². The molecule has 0 aromatic heterocycles. The molecule has 5 rings (SSSR count). The van der Waals surface area contributed by atoms with E-state index in [9.17, 15) is 0 Å². The normalized spacial score (nSPS) is 24.1. The number of rotatable bonds is 6.